The zero-order valence-corrected chi connectivity index (χ0v) is 18.8. The third-order valence-electron chi connectivity index (χ3n) is 4.62. The molecule has 1 aliphatic rings. The van der Waals surface area contributed by atoms with Gasteiger partial charge in [0.2, 0.25) is 5.91 Å². The molecule has 6 N–H and O–H groups in total. The second-order valence-electron chi connectivity index (χ2n) is 6.42. The van der Waals surface area contributed by atoms with Gasteiger partial charge in [-0.05, 0) is 38.1 Å². The van der Waals surface area contributed by atoms with Crippen LogP contribution in [0.1, 0.15) is 59.3 Å². The van der Waals surface area contributed by atoms with Crippen LogP contribution in [0.4, 0.5) is 0 Å². The van der Waals surface area contributed by atoms with Crippen LogP contribution in [-0.4, -0.2) is 41.5 Å². The minimum Gasteiger partial charge on any atom is -0.846 e. The Morgan fingerprint density at radius 3 is 2.30 bits per heavy atom. The van der Waals surface area contributed by atoms with E-state index in [1.54, 1.807) is 6.92 Å². The van der Waals surface area contributed by atoms with Gasteiger partial charge in [0.05, 0.1) is 6.02 Å². The summed E-state index contributed by atoms with van der Waals surface area (Å²) in [5, 5.41) is 21.4. The quantitative estimate of drug-likeness (QED) is 0.180. The minimum absolute atomic E-state index is 0. The van der Waals surface area contributed by atoms with E-state index in [1.165, 1.54) is 0 Å². The smallest absolute Gasteiger partial charge is 0.846 e. The van der Waals surface area contributed by atoms with Crippen molar-refractivity contribution in [3.8, 4) is 0 Å². The van der Waals surface area contributed by atoms with Crippen LogP contribution in [0.2, 0.25) is 0 Å². The average Bonchev–Trinajstić information content (AvgIpc) is 2.55. The van der Waals surface area contributed by atoms with E-state index in [1.807, 2.05) is 13.8 Å². The molecule has 0 aliphatic carbocycles. The number of hydrogen-bond donors (Lipinski definition) is 4. The van der Waals surface area contributed by atoms with Gasteiger partial charge in [0.15, 0.2) is 0 Å². The second-order valence-corrected chi connectivity index (χ2v) is 6.42. The van der Waals surface area contributed by atoms with E-state index < -0.39 is 35.3 Å². The summed E-state index contributed by atoms with van der Waals surface area (Å²) in [6.07, 6.45) is 4.18. The van der Waals surface area contributed by atoms with Crippen LogP contribution in [-0.2, 0) is 14.4 Å². The predicted octanol–water partition coefficient (Wildman–Crippen LogP) is -3.28. The van der Waals surface area contributed by atoms with Gasteiger partial charge in [-0.3, -0.25) is 14.4 Å². The number of carbonyl (C=O) groups is 3. The summed E-state index contributed by atoms with van der Waals surface area (Å²) >= 11 is 0. The number of nitrogens with two attached hydrogens (primary N) is 2. The van der Waals surface area contributed by atoms with Gasteiger partial charge in [-0.25, -0.2) is 4.99 Å². The van der Waals surface area contributed by atoms with Crippen molar-refractivity contribution in [2.24, 2.45) is 27.8 Å². The number of amidine groups is 1. The van der Waals surface area contributed by atoms with Gasteiger partial charge in [-0.1, -0.05) is 33.6 Å². The fourth-order valence-electron chi connectivity index (χ4n) is 2.93. The van der Waals surface area contributed by atoms with Crippen LogP contribution in [0.25, 0.3) is 0 Å². The number of hydrogen-bond acceptors (Lipinski definition) is 6. The zero-order valence-electron chi connectivity index (χ0n) is 16.8. The van der Waals surface area contributed by atoms with E-state index in [0.29, 0.717) is 19.4 Å². The van der Waals surface area contributed by atoms with Gasteiger partial charge in [-0.15, -0.1) is 0 Å². The van der Waals surface area contributed by atoms with Crippen molar-refractivity contribution >= 4 is 23.8 Å². The Morgan fingerprint density at radius 1 is 1.30 bits per heavy atom. The van der Waals surface area contributed by atoms with E-state index in [9.17, 15) is 19.5 Å². The first-order valence-electron chi connectivity index (χ1n) is 8.97. The molecule has 0 aromatic carbocycles. The molecule has 0 bridgehead atoms. The Labute approximate surface area is 182 Å². The molecule has 0 radical (unpaired) electrons. The van der Waals surface area contributed by atoms with Gasteiger partial charge in [0.25, 0.3) is 5.91 Å². The number of carboxylic acids is 1. The Bertz CT molecular complexity index is 529. The van der Waals surface area contributed by atoms with Crippen molar-refractivity contribution in [2.75, 3.05) is 6.54 Å². The van der Waals surface area contributed by atoms with E-state index in [2.05, 4.69) is 10.3 Å². The molecule has 0 spiro atoms. The van der Waals surface area contributed by atoms with E-state index >= 15 is 0 Å². The maximum atomic E-state index is 11.9. The summed E-state index contributed by atoms with van der Waals surface area (Å²) in [5.41, 5.74) is 9.27. The molecule has 1 aliphatic heterocycles. The molecule has 0 saturated carbocycles. The molecule has 0 saturated heterocycles. The van der Waals surface area contributed by atoms with Gasteiger partial charge in [0, 0.05) is 0 Å². The molecular weight excluding hydrogens is 363 g/mol. The number of rotatable bonds is 9. The zero-order chi connectivity index (χ0) is 20.3. The molecule has 1 heterocycles. The van der Waals surface area contributed by atoms with Crippen molar-refractivity contribution in [3.63, 3.8) is 0 Å². The SMILES string of the molecule is CCCC(C)C1(CC)C(=O)N=C([O-])NC1=O.NCCCCC(N)C(=O)O.[Na+]. The Balaban J connectivity index is 0. The molecule has 1 rings (SSSR count). The Kier molecular flexibility index (Phi) is 14.7. The molecular formula is C17H31N4NaO5. The number of nitrogens with zero attached hydrogens (tertiary/aromatic N) is 1. The van der Waals surface area contributed by atoms with Gasteiger partial charge >= 0.3 is 35.5 Å². The van der Waals surface area contributed by atoms with Crippen molar-refractivity contribution in [1.29, 1.82) is 0 Å². The molecule has 3 atom stereocenters. The number of aliphatic carboxylic acids is 1. The van der Waals surface area contributed by atoms with Crippen LogP contribution >= 0.6 is 0 Å². The van der Waals surface area contributed by atoms with Crippen LogP contribution in [0.3, 0.4) is 0 Å². The molecule has 150 valence electrons. The van der Waals surface area contributed by atoms with Gasteiger partial charge < -0.3 is 27.0 Å². The van der Waals surface area contributed by atoms with Crippen LogP contribution in [0, 0.1) is 11.3 Å². The maximum Gasteiger partial charge on any atom is 1.00 e. The normalized spacial score (nSPS) is 21.0. The number of nitrogens with one attached hydrogen (secondary N) is 1. The van der Waals surface area contributed by atoms with Crippen molar-refractivity contribution in [3.05, 3.63) is 0 Å². The van der Waals surface area contributed by atoms with Gasteiger partial charge in [-0.2, -0.15) is 0 Å². The number of aliphatic imine (C=N–C) groups is 1. The summed E-state index contributed by atoms with van der Waals surface area (Å²) in [5.74, 6) is -2.13. The number of amides is 2. The first-order valence-corrected chi connectivity index (χ1v) is 8.97. The molecule has 27 heavy (non-hydrogen) atoms. The summed E-state index contributed by atoms with van der Waals surface area (Å²) in [4.78, 5) is 37.2. The molecule has 0 aromatic rings. The molecule has 2 amide bonds. The van der Waals surface area contributed by atoms with Crippen molar-refractivity contribution < 1.29 is 54.2 Å². The number of unbranched alkanes of at least 4 members (excludes halogenated alkanes) is 1. The van der Waals surface area contributed by atoms with Crippen LogP contribution in [0.15, 0.2) is 4.99 Å². The third kappa shape index (κ3) is 8.27. The summed E-state index contributed by atoms with van der Waals surface area (Å²) < 4.78 is 0. The standard InChI is InChI=1S/C11H18N2O3.C6H14N2O2.Na/c1-4-6-7(3)11(5-2)8(14)12-10(16)13-9(11)15;7-4-2-1-3-5(8)6(9)10;/h7H,4-6H2,1-3H3,(H2,12,13,14,15,16);5H,1-4,7-8H2,(H,9,10);/q;;+1/p-1. The Morgan fingerprint density at radius 2 is 1.89 bits per heavy atom. The van der Waals surface area contributed by atoms with Crippen molar-refractivity contribution in [1.82, 2.24) is 5.32 Å². The first kappa shape index (κ1) is 28.2. The maximum absolute atomic E-state index is 11.9. The number of carbonyl (C=O) groups excluding carboxylic acids is 2. The fraction of sp³-hybridized carbons (Fsp3) is 0.765. The van der Waals surface area contributed by atoms with E-state index in [4.69, 9.17) is 16.6 Å². The third-order valence-corrected chi connectivity index (χ3v) is 4.62. The monoisotopic (exact) mass is 394 g/mol. The molecule has 9 nitrogen and oxygen atoms in total. The predicted molar refractivity (Wildman–Crippen MR) is 95.9 cm³/mol. The molecule has 0 aromatic heterocycles. The average molecular weight is 394 g/mol. The van der Waals surface area contributed by atoms with E-state index in [-0.39, 0.29) is 35.5 Å². The van der Waals surface area contributed by atoms with Crippen LogP contribution in [0.5, 0.6) is 0 Å². The van der Waals surface area contributed by atoms with Gasteiger partial charge in [0.1, 0.15) is 11.5 Å². The topological polar surface area (TPSA) is 171 Å². The largest absolute Gasteiger partial charge is 1.00 e. The minimum atomic E-state index is -1.15. The van der Waals surface area contributed by atoms with Crippen LogP contribution < -0.4 is 51.4 Å². The molecule has 0 fully saturated rings. The fourth-order valence-corrected chi connectivity index (χ4v) is 2.93. The summed E-state index contributed by atoms with van der Waals surface area (Å²) in [6.45, 7) is 6.23. The summed E-state index contributed by atoms with van der Waals surface area (Å²) in [6, 6.07) is -1.56. The van der Waals surface area contributed by atoms with Crippen molar-refractivity contribution in [2.45, 2.75) is 65.3 Å². The molecule has 10 heteroatoms. The summed E-state index contributed by atoms with van der Waals surface area (Å²) in [7, 11) is 0. The second kappa shape index (κ2) is 14.1. The Hall–Kier alpha value is -1.00. The molecule has 3 unspecified atom stereocenters. The number of carboxylic acid groups (broad SMARTS) is 1. The first-order chi connectivity index (χ1) is 12.2. The van der Waals surface area contributed by atoms with E-state index in [0.717, 1.165) is 25.7 Å².